The average molecular weight is 462 g/mol. The first kappa shape index (κ1) is 19.9. The number of aromatic carboxylic acids is 1. The van der Waals surface area contributed by atoms with Gasteiger partial charge in [-0.1, -0.05) is 65.7 Å². The van der Waals surface area contributed by atoms with Crippen molar-refractivity contribution < 1.29 is 14.1 Å². The van der Waals surface area contributed by atoms with Crippen LogP contribution in [-0.2, 0) is 11.0 Å². The van der Waals surface area contributed by atoms with E-state index in [0.29, 0.717) is 19.3 Å². The van der Waals surface area contributed by atoms with Gasteiger partial charge in [0.25, 0.3) is 0 Å². The highest BCUT2D eigenvalue weighted by Gasteiger charge is 2.15. The van der Waals surface area contributed by atoms with Crippen LogP contribution in [0.15, 0.2) is 71.6 Å². The van der Waals surface area contributed by atoms with Gasteiger partial charge in [-0.15, -0.1) is 11.3 Å². The first-order valence-electron chi connectivity index (χ1n) is 8.43. The molecule has 29 heavy (non-hydrogen) atoms. The number of thiophene rings is 1. The van der Waals surface area contributed by atoms with E-state index in [1.165, 1.54) is 0 Å². The summed E-state index contributed by atoms with van der Waals surface area (Å²) in [5.41, 5.74) is 2.58. The molecule has 4 aromatic rings. The minimum Gasteiger partial charge on any atom is -0.478 e. The van der Waals surface area contributed by atoms with Crippen LogP contribution in [0.4, 0.5) is 5.69 Å². The molecule has 4 nitrogen and oxygen atoms in total. The number of carbonyl (C=O) groups is 1. The third kappa shape index (κ3) is 4.02. The topological polar surface area (TPSA) is 66.4 Å². The lowest BCUT2D eigenvalue weighted by atomic mass is 9.96. The molecule has 0 bridgehead atoms. The summed E-state index contributed by atoms with van der Waals surface area (Å²) in [6, 6.07) is 19.7. The molecular weight excluding hydrogens is 449 g/mol. The lowest BCUT2D eigenvalue weighted by Gasteiger charge is -2.13. The molecule has 2 N–H and O–H groups in total. The van der Waals surface area contributed by atoms with Crippen LogP contribution in [0.3, 0.4) is 0 Å². The van der Waals surface area contributed by atoms with Crippen LogP contribution in [0.25, 0.3) is 21.9 Å². The molecule has 1 aromatic heterocycles. The van der Waals surface area contributed by atoms with Crippen LogP contribution in [-0.4, -0.2) is 15.3 Å². The quantitative estimate of drug-likeness (QED) is 0.347. The monoisotopic (exact) mass is 461 g/mol. The molecule has 0 aliphatic carbocycles. The summed E-state index contributed by atoms with van der Waals surface area (Å²) in [4.78, 5) is 11.8. The fourth-order valence-electron chi connectivity index (χ4n) is 3.07. The van der Waals surface area contributed by atoms with E-state index in [9.17, 15) is 14.1 Å². The van der Waals surface area contributed by atoms with Crippen molar-refractivity contribution in [2.45, 2.75) is 4.90 Å². The zero-order valence-corrected chi connectivity index (χ0v) is 17.8. The predicted octanol–water partition coefficient (Wildman–Crippen LogP) is 6.71. The third-order valence-electron chi connectivity index (χ3n) is 4.37. The van der Waals surface area contributed by atoms with E-state index in [1.54, 1.807) is 24.3 Å². The molecule has 146 valence electrons. The van der Waals surface area contributed by atoms with Crippen LogP contribution in [0.1, 0.15) is 10.4 Å². The summed E-state index contributed by atoms with van der Waals surface area (Å²) in [6.07, 6.45) is 0. The van der Waals surface area contributed by atoms with Gasteiger partial charge in [-0.25, -0.2) is 9.00 Å². The molecule has 0 amide bonds. The lowest BCUT2D eigenvalue weighted by molar-refractivity contribution is 0.0697. The van der Waals surface area contributed by atoms with Gasteiger partial charge < -0.3 is 9.83 Å². The van der Waals surface area contributed by atoms with Gasteiger partial charge in [-0.05, 0) is 40.8 Å². The van der Waals surface area contributed by atoms with E-state index in [2.05, 4.69) is 4.72 Å². The van der Waals surface area contributed by atoms with Crippen LogP contribution in [0.2, 0.25) is 8.67 Å². The molecule has 8 heteroatoms. The van der Waals surface area contributed by atoms with Crippen LogP contribution in [0.5, 0.6) is 0 Å². The van der Waals surface area contributed by atoms with E-state index >= 15 is 0 Å². The van der Waals surface area contributed by atoms with Gasteiger partial charge in [-0.2, -0.15) is 0 Å². The third-order valence-corrected chi connectivity index (χ3v) is 7.23. The maximum absolute atomic E-state index is 12.8. The molecule has 0 radical (unpaired) electrons. The first-order valence-corrected chi connectivity index (χ1v) is 11.1. The van der Waals surface area contributed by atoms with Gasteiger partial charge in [0, 0.05) is 5.39 Å². The van der Waals surface area contributed by atoms with Gasteiger partial charge >= 0.3 is 5.97 Å². The number of nitrogens with one attached hydrogen (secondary N) is 1. The van der Waals surface area contributed by atoms with E-state index in [0.717, 1.165) is 33.2 Å². The molecule has 0 aliphatic rings. The van der Waals surface area contributed by atoms with Crippen molar-refractivity contribution in [2.75, 3.05) is 4.72 Å². The number of hydrogen-bond donors (Lipinski definition) is 2. The fourth-order valence-corrected chi connectivity index (χ4v) is 5.90. The van der Waals surface area contributed by atoms with E-state index < -0.39 is 17.0 Å². The molecular formula is C21H13Cl2NO3S2. The number of halogens is 2. The largest absolute Gasteiger partial charge is 0.478 e. The fraction of sp³-hybridized carbons (Fsp3) is 0. The second kappa shape index (κ2) is 8.16. The van der Waals surface area contributed by atoms with Crippen molar-refractivity contribution in [3.05, 3.63) is 81.0 Å². The molecule has 0 aliphatic heterocycles. The zero-order valence-electron chi connectivity index (χ0n) is 14.7. The molecule has 1 heterocycles. The molecule has 3 aromatic carbocycles. The Morgan fingerprint density at radius 1 is 0.966 bits per heavy atom. The van der Waals surface area contributed by atoms with Gasteiger partial charge in [0.05, 0.1) is 20.5 Å². The number of anilines is 1. The van der Waals surface area contributed by atoms with Crippen molar-refractivity contribution in [3.63, 3.8) is 0 Å². The van der Waals surface area contributed by atoms with Crippen molar-refractivity contribution in [1.29, 1.82) is 0 Å². The Morgan fingerprint density at radius 2 is 1.72 bits per heavy atom. The van der Waals surface area contributed by atoms with Crippen molar-refractivity contribution in [1.82, 2.24) is 0 Å². The van der Waals surface area contributed by atoms with Gasteiger partial charge in [0.2, 0.25) is 0 Å². The molecule has 1 atom stereocenters. The maximum atomic E-state index is 12.8. The molecule has 0 saturated heterocycles. The second-order valence-electron chi connectivity index (χ2n) is 6.15. The average Bonchev–Trinajstić information content (AvgIpc) is 3.06. The van der Waals surface area contributed by atoms with Gasteiger partial charge in [0.1, 0.15) is 4.34 Å². The standard InChI is InChI=1S/C21H13Cl2NO3S2/c22-19-11-18(20(23)28-19)29(27)24-17-9-8-14(15-6-1-2-7-16(15)17)12-4-3-5-13(10-12)21(25)26/h1-11,24H,(H,25,26). The Hall–Kier alpha value is -2.38. The first-order chi connectivity index (χ1) is 13.9. The summed E-state index contributed by atoms with van der Waals surface area (Å²) >= 11 is 13.2. The summed E-state index contributed by atoms with van der Waals surface area (Å²) in [6.45, 7) is 0. The van der Waals surface area contributed by atoms with Crippen LogP contribution < -0.4 is 4.72 Å². The van der Waals surface area contributed by atoms with E-state index in [1.807, 2.05) is 42.5 Å². The molecule has 0 fully saturated rings. The Balaban J connectivity index is 1.78. The summed E-state index contributed by atoms with van der Waals surface area (Å²) in [5.74, 6) is -0.976. The predicted molar refractivity (Wildman–Crippen MR) is 121 cm³/mol. The SMILES string of the molecule is O=C(O)c1cccc(-c2ccc(NS(=O)c3cc(Cl)sc3Cl)c3ccccc23)c1. The smallest absolute Gasteiger partial charge is 0.335 e. The second-order valence-corrected chi connectivity index (χ2v) is 9.62. The van der Waals surface area contributed by atoms with Crippen molar-refractivity contribution in [2.24, 2.45) is 0 Å². The van der Waals surface area contributed by atoms with Crippen LogP contribution in [0, 0.1) is 0 Å². The highest BCUT2D eigenvalue weighted by molar-refractivity contribution is 7.86. The van der Waals surface area contributed by atoms with Gasteiger partial charge in [-0.3, -0.25) is 0 Å². The number of carboxylic acid groups (broad SMARTS) is 1. The number of rotatable bonds is 5. The molecule has 1 unspecified atom stereocenters. The lowest BCUT2D eigenvalue weighted by Crippen LogP contribution is -2.05. The zero-order chi connectivity index (χ0) is 20.5. The Kier molecular flexibility index (Phi) is 5.61. The highest BCUT2D eigenvalue weighted by atomic mass is 35.5. The normalized spacial score (nSPS) is 12.1. The minimum atomic E-state index is -1.58. The van der Waals surface area contributed by atoms with E-state index in [-0.39, 0.29) is 5.56 Å². The van der Waals surface area contributed by atoms with Crippen molar-refractivity contribution in [3.8, 4) is 11.1 Å². The number of benzene rings is 3. The maximum Gasteiger partial charge on any atom is 0.335 e. The molecule has 0 saturated carbocycles. The van der Waals surface area contributed by atoms with Gasteiger partial charge in [0.15, 0.2) is 11.0 Å². The highest BCUT2D eigenvalue weighted by Crippen LogP contribution is 2.36. The molecule has 4 rings (SSSR count). The Bertz CT molecular complexity index is 1270. The van der Waals surface area contributed by atoms with Crippen LogP contribution >= 0.6 is 34.5 Å². The Morgan fingerprint density at radius 3 is 2.41 bits per heavy atom. The number of hydrogen-bond acceptors (Lipinski definition) is 3. The summed E-state index contributed by atoms with van der Waals surface area (Å²) < 4.78 is 16.6. The summed E-state index contributed by atoms with van der Waals surface area (Å²) in [7, 11) is -1.58. The molecule has 0 spiro atoms. The number of carboxylic acids is 1. The van der Waals surface area contributed by atoms with E-state index in [4.69, 9.17) is 23.2 Å². The Labute approximate surface area is 183 Å². The van der Waals surface area contributed by atoms with Crippen molar-refractivity contribution >= 4 is 68.0 Å². The minimum absolute atomic E-state index is 0.221. The number of fused-ring (bicyclic) bond motifs is 1. The summed E-state index contributed by atoms with van der Waals surface area (Å²) in [5, 5.41) is 11.0.